The minimum absolute atomic E-state index is 0.0259. The minimum Gasteiger partial charge on any atom is -0.348 e. The van der Waals surface area contributed by atoms with Crippen molar-refractivity contribution < 1.29 is 4.79 Å². The molecule has 0 fully saturated rings. The third kappa shape index (κ3) is 2.68. The number of amides is 1. The monoisotopic (exact) mass is 256 g/mol. The van der Waals surface area contributed by atoms with Crippen LogP contribution >= 0.6 is 11.3 Å². The second kappa shape index (κ2) is 5.55. The molecule has 0 saturated heterocycles. The van der Waals surface area contributed by atoms with Gasteiger partial charge in [-0.2, -0.15) is 0 Å². The van der Waals surface area contributed by atoms with Crippen LogP contribution in [0.15, 0.2) is 16.9 Å². The van der Waals surface area contributed by atoms with Crippen LogP contribution in [0.25, 0.3) is 0 Å². The number of carbonyl (C=O) groups excluding carboxylic acids is 1. The molecule has 0 bridgehead atoms. The molecule has 0 saturated carbocycles. The van der Waals surface area contributed by atoms with Crippen LogP contribution in [0.1, 0.15) is 20.8 Å². The summed E-state index contributed by atoms with van der Waals surface area (Å²) in [5.41, 5.74) is 1.99. The van der Waals surface area contributed by atoms with Crippen LogP contribution in [-0.2, 0) is 10.9 Å². The van der Waals surface area contributed by atoms with Crippen LogP contribution in [0.3, 0.4) is 0 Å². The zero-order valence-electron chi connectivity index (χ0n) is 10.2. The van der Waals surface area contributed by atoms with Gasteiger partial charge in [0.1, 0.15) is 18.1 Å². The SMILES string of the molecule is C=CCNC(=O)c1c([S+](C)C)sc(C)c1C. The number of hydrogen-bond acceptors (Lipinski definition) is 2. The van der Waals surface area contributed by atoms with E-state index < -0.39 is 0 Å². The Bertz CT molecular complexity index is 407. The Labute approximate surface area is 104 Å². The summed E-state index contributed by atoms with van der Waals surface area (Å²) < 4.78 is 1.21. The maximum absolute atomic E-state index is 12.0. The zero-order valence-corrected chi connectivity index (χ0v) is 11.8. The average molecular weight is 256 g/mol. The van der Waals surface area contributed by atoms with Crippen LogP contribution in [0.5, 0.6) is 0 Å². The second-order valence-corrected chi connectivity index (χ2v) is 7.29. The third-order valence-corrected chi connectivity index (χ3v) is 5.56. The first-order valence-electron chi connectivity index (χ1n) is 5.05. The normalized spacial score (nSPS) is 10.6. The number of thiophene rings is 1. The van der Waals surface area contributed by atoms with Crippen molar-refractivity contribution in [3.8, 4) is 0 Å². The summed E-state index contributed by atoms with van der Waals surface area (Å²) in [5.74, 6) is 0.0259. The van der Waals surface area contributed by atoms with Gasteiger partial charge < -0.3 is 5.32 Å². The Morgan fingerprint density at radius 1 is 1.50 bits per heavy atom. The molecule has 2 nitrogen and oxygen atoms in total. The minimum atomic E-state index is 0.0259. The number of nitrogens with one attached hydrogen (secondary N) is 1. The van der Waals surface area contributed by atoms with Crippen LogP contribution in [0.2, 0.25) is 0 Å². The molecule has 0 radical (unpaired) electrons. The summed E-state index contributed by atoms with van der Waals surface area (Å²) in [7, 11) is 0.126. The predicted octanol–water partition coefficient (Wildman–Crippen LogP) is 2.52. The quantitative estimate of drug-likeness (QED) is 0.651. The van der Waals surface area contributed by atoms with Crippen LogP contribution < -0.4 is 5.32 Å². The molecule has 1 aromatic heterocycles. The second-order valence-electron chi connectivity index (χ2n) is 3.76. The molecule has 16 heavy (non-hydrogen) atoms. The molecule has 0 atom stereocenters. The van der Waals surface area contributed by atoms with Crippen molar-refractivity contribution in [3.63, 3.8) is 0 Å². The van der Waals surface area contributed by atoms with Gasteiger partial charge in [-0.05, 0) is 19.4 Å². The van der Waals surface area contributed by atoms with Crippen molar-refractivity contribution in [1.29, 1.82) is 0 Å². The summed E-state index contributed by atoms with van der Waals surface area (Å²) in [6.45, 7) is 8.21. The van der Waals surface area contributed by atoms with Crippen molar-refractivity contribution in [2.45, 2.75) is 18.1 Å². The van der Waals surface area contributed by atoms with Gasteiger partial charge in [0, 0.05) is 22.3 Å². The van der Waals surface area contributed by atoms with Crippen molar-refractivity contribution >= 4 is 28.1 Å². The average Bonchev–Trinajstić information content (AvgIpc) is 2.52. The molecular formula is C12H18NOS2+. The van der Waals surface area contributed by atoms with E-state index in [0.717, 1.165) is 11.1 Å². The third-order valence-electron chi connectivity index (χ3n) is 2.36. The fourth-order valence-electron chi connectivity index (χ4n) is 1.40. The van der Waals surface area contributed by atoms with E-state index in [2.05, 4.69) is 31.3 Å². The van der Waals surface area contributed by atoms with Crippen molar-refractivity contribution in [2.24, 2.45) is 0 Å². The zero-order chi connectivity index (χ0) is 12.3. The number of rotatable bonds is 4. The lowest BCUT2D eigenvalue weighted by atomic mass is 10.1. The summed E-state index contributed by atoms with van der Waals surface area (Å²) in [6.07, 6.45) is 5.99. The van der Waals surface area contributed by atoms with E-state index in [4.69, 9.17) is 0 Å². The first kappa shape index (κ1) is 13.3. The lowest BCUT2D eigenvalue weighted by molar-refractivity contribution is 0.0955. The fourth-order valence-corrected chi connectivity index (χ4v) is 3.98. The van der Waals surface area contributed by atoms with E-state index in [1.165, 1.54) is 9.09 Å². The fraction of sp³-hybridized carbons (Fsp3) is 0.417. The molecule has 0 unspecified atom stereocenters. The lowest BCUT2D eigenvalue weighted by Crippen LogP contribution is -2.24. The molecule has 1 rings (SSSR count). The van der Waals surface area contributed by atoms with Gasteiger partial charge in [-0.3, -0.25) is 4.79 Å². The molecule has 0 aliphatic heterocycles. The Balaban J connectivity index is 3.09. The Morgan fingerprint density at radius 2 is 2.12 bits per heavy atom. The summed E-state index contributed by atoms with van der Waals surface area (Å²) >= 11 is 1.74. The Kier molecular flexibility index (Phi) is 4.62. The molecule has 4 heteroatoms. The van der Waals surface area contributed by atoms with E-state index in [1.54, 1.807) is 17.4 Å². The molecule has 1 aromatic rings. The summed E-state index contributed by atoms with van der Waals surface area (Å²) in [6, 6.07) is 0. The van der Waals surface area contributed by atoms with Gasteiger partial charge in [0.05, 0.1) is 0 Å². The Hall–Kier alpha value is -0.740. The largest absolute Gasteiger partial charge is 0.348 e. The van der Waals surface area contributed by atoms with E-state index >= 15 is 0 Å². The molecule has 1 heterocycles. The van der Waals surface area contributed by atoms with Crippen molar-refractivity contribution in [3.05, 3.63) is 28.7 Å². The van der Waals surface area contributed by atoms with Crippen LogP contribution in [0.4, 0.5) is 0 Å². The highest BCUT2D eigenvalue weighted by Gasteiger charge is 2.26. The maximum Gasteiger partial charge on any atom is 0.257 e. The molecule has 0 aliphatic carbocycles. The first-order valence-corrected chi connectivity index (χ1v) is 7.91. The lowest BCUT2D eigenvalue weighted by Gasteiger charge is -2.03. The molecule has 1 amide bonds. The smallest absolute Gasteiger partial charge is 0.257 e. The molecule has 88 valence electrons. The maximum atomic E-state index is 12.0. The molecule has 0 aromatic carbocycles. The topological polar surface area (TPSA) is 29.1 Å². The number of aryl methyl sites for hydroxylation is 1. The Morgan fingerprint density at radius 3 is 2.62 bits per heavy atom. The van der Waals surface area contributed by atoms with Gasteiger partial charge >= 0.3 is 0 Å². The predicted molar refractivity (Wildman–Crippen MR) is 73.8 cm³/mol. The van der Waals surface area contributed by atoms with Gasteiger partial charge in [-0.25, -0.2) is 0 Å². The van der Waals surface area contributed by atoms with Crippen molar-refractivity contribution in [1.82, 2.24) is 5.32 Å². The summed E-state index contributed by atoms with van der Waals surface area (Å²) in [5, 5.41) is 2.85. The van der Waals surface area contributed by atoms with Crippen LogP contribution in [-0.4, -0.2) is 25.0 Å². The van der Waals surface area contributed by atoms with Gasteiger partial charge in [0.2, 0.25) is 4.21 Å². The molecular weight excluding hydrogens is 238 g/mol. The summed E-state index contributed by atoms with van der Waals surface area (Å²) in [4.78, 5) is 13.3. The van der Waals surface area contributed by atoms with Gasteiger partial charge in [-0.1, -0.05) is 17.4 Å². The highest BCUT2D eigenvalue weighted by atomic mass is 32.2. The van der Waals surface area contributed by atoms with E-state index in [0.29, 0.717) is 6.54 Å². The number of hydrogen-bond donors (Lipinski definition) is 1. The number of carbonyl (C=O) groups is 1. The van der Waals surface area contributed by atoms with Crippen LogP contribution in [0, 0.1) is 13.8 Å². The highest BCUT2D eigenvalue weighted by Crippen LogP contribution is 2.31. The highest BCUT2D eigenvalue weighted by molar-refractivity contribution is 7.97. The van der Waals surface area contributed by atoms with Gasteiger partial charge in [0.15, 0.2) is 0 Å². The van der Waals surface area contributed by atoms with Crippen molar-refractivity contribution in [2.75, 3.05) is 19.1 Å². The van der Waals surface area contributed by atoms with Gasteiger partial charge in [-0.15, -0.1) is 6.58 Å². The molecule has 0 aliphatic rings. The van der Waals surface area contributed by atoms with E-state index in [9.17, 15) is 4.79 Å². The van der Waals surface area contributed by atoms with Gasteiger partial charge in [0.25, 0.3) is 5.91 Å². The van der Waals surface area contributed by atoms with E-state index in [-0.39, 0.29) is 16.8 Å². The molecule has 1 N–H and O–H groups in total. The first-order chi connectivity index (χ1) is 7.49. The standard InChI is InChI=1S/C12H17NOS2/c1-6-7-13-11(14)10-8(2)9(3)15-12(10)16(4)5/h6H,1,7H2,2-5H3/p+1. The van der Waals surface area contributed by atoms with E-state index in [1.807, 2.05) is 6.92 Å². The molecule has 0 spiro atoms.